The molecular formula is C27H30F5N7O3S. The quantitative estimate of drug-likeness (QED) is 0.150. The van der Waals surface area contributed by atoms with Crippen LogP contribution in [-0.4, -0.2) is 54.0 Å². The van der Waals surface area contributed by atoms with E-state index in [1.54, 1.807) is 0 Å². The number of nitrogens with two attached hydrogens (primary N) is 2. The van der Waals surface area contributed by atoms with Crippen molar-refractivity contribution in [2.45, 2.75) is 32.9 Å². The minimum absolute atomic E-state index is 0.0217. The lowest BCUT2D eigenvalue weighted by Crippen LogP contribution is -2.18. The number of nitrogens with one attached hydrogen (secondary N) is 1. The van der Waals surface area contributed by atoms with Crippen LogP contribution in [0.3, 0.4) is 0 Å². The van der Waals surface area contributed by atoms with Gasteiger partial charge in [-0.25, -0.2) is 32.7 Å². The van der Waals surface area contributed by atoms with Gasteiger partial charge in [-0.1, -0.05) is 13.0 Å². The second-order valence-corrected chi connectivity index (χ2v) is 10.8. The Morgan fingerprint density at radius 2 is 1.77 bits per heavy atom. The van der Waals surface area contributed by atoms with Crippen molar-refractivity contribution >= 4 is 38.4 Å². The molecule has 16 heteroatoms. The Balaban J connectivity index is 0.000000765. The van der Waals surface area contributed by atoms with Gasteiger partial charge in [0, 0.05) is 30.5 Å². The van der Waals surface area contributed by atoms with Gasteiger partial charge in [0.25, 0.3) is 0 Å². The maximum Gasteiger partial charge on any atom is 0.417 e. The first-order valence-electron chi connectivity index (χ1n) is 13.0. The van der Waals surface area contributed by atoms with Gasteiger partial charge in [-0.2, -0.15) is 13.2 Å². The number of nitrogens with zero attached hydrogens (tertiary/aromatic N) is 4. The van der Waals surface area contributed by atoms with E-state index in [2.05, 4.69) is 31.6 Å². The highest BCUT2D eigenvalue weighted by Crippen LogP contribution is 2.37. The van der Waals surface area contributed by atoms with E-state index in [1.807, 2.05) is 6.92 Å². The average Bonchev–Trinajstić information content (AvgIpc) is 2.96. The van der Waals surface area contributed by atoms with Gasteiger partial charge in [0.05, 0.1) is 34.9 Å². The fourth-order valence-electron chi connectivity index (χ4n) is 3.75. The lowest BCUT2D eigenvalue weighted by Gasteiger charge is -2.14. The van der Waals surface area contributed by atoms with Crippen LogP contribution in [0.1, 0.15) is 32.3 Å². The summed E-state index contributed by atoms with van der Waals surface area (Å²) < 4.78 is 99.3. The molecule has 0 unspecified atom stereocenters. The molecule has 0 amide bonds. The monoisotopic (exact) mass is 627 g/mol. The van der Waals surface area contributed by atoms with Gasteiger partial charge < -0.3 is 16.2 Å². The van der Waals surface area contributed by atoms with Crippen LogP contribution >= 0.6 is 0 Å². The Morgan fingerprint density at radius 3 is 2.40 bits per heavy atom. The Morgan fingerprint density at radius 1 is 1.02 bits per heavy atom. The molecule has 0 radical (unpaired) electrons. The number of pyridine rings is 2. The molecule has 0 spiro atoms. The molecule has 232 valence electrons. The van der Waals surface area contributed by atoms with E-state index in [0.717, 1.165) is 25.8 Å². The number of halogens is 5. The van der Waals surface area contributed by atoms with Crippen molar-refractivity contribution in [3.63, 3.8) is 0 Å². The van der Waals surface area contributed by atoms with Crippen LogP contribution in [-0.2, 0) is 20.9 Å². The van der Waals surface area contributed by atoms with Crippen molar-refractivity contribution in [3.8, 4) is 22.6 Å². The Labute approximate surface area is 244 Å². The molecular weight excluding hydrogens is 597 g/mol. The van der Waals surface area contributed by atoms with Crippen molar-refractivity contribution in [1.82, 2.24) is 19.9 Å². The largest absolute Gasteiger partial charge is 0.417 e. The summed E-state index contributed by atoms with van der Waals surface area (Å²) in [6.07, 6.45) is -3.00. The normalized spacial score (nSPS) is 11.7. The molecule has 0 atom stereocenters. The fraction of sp³-hybridized carbons (Fsp3) is 0.333. The summed E-state index contributed by atoms with van der Waals surface area (Å²) in [6, 6.07) is 7.26. The van der Waals surface area contributed by atoms with Crippen LogP contribution in [0.15, 0.2) is 42.6 Å². The summed E-state index contributed by atoms with van der Waals surface area (Å²) in [6.45, 7) is 5.04. The third-order valence-electron chi connectivity index (χ3n) is 5.68. The molecule has 5 N–H and O–H groups in total. The third kappa shape index (κ3) is 8.67. The number of hydrogen-bond donors (Lipinski definition) is 3. The van der Waals surface area contributed by atoms with Gasteiger partial charge in [0.15, 0.2) is 17.5 Å². The van der Waals surface area contributed by atoms with Crippen molar-refractivity contribution in [2.24, 2.45) is 0 Å². The van der Waals surface area contributed by atoms with E-state index in [1.165, 1.54) is 30.3 Å². The zero-order valence-electron chi connectivity index (χ0n) is 23.3. The van der Waals surface area contributed by atoms with Gasteiger partial charge >= 0.3 is 6.18 Å². The van der Waals surface area contributed by atoms with Crippen molar-refractivity contribution in [3.05, 3.63) is 54.0 Å². The maximum atomic E-state index is 15.2. The highest BCUT2D eigenvalue weighted by molar-refractivity contribution is 7.92. The molecule has 0 bridgehead atoms. The van der Waals surface area contributed by atoms with Crippen LogP contribution in [0.4, 0.5) is 39.3 Å². The first kappa shape index (κ1) is 33.3. The standard InChI is InChI=1S/C22H18F5N7O2S.C5H12O/c23-7-2-8-37(35,36)34-15-4-1-3-11(18(15)24)14-5-6-16-19(31-14)20(29)33-21(32-16)12-10-30-17(28)9-13(12)22(25,26)27;1-3-5-6-4-2/h1,3-6,9-10,34H,2,7-8H2,(H2,28,30)(H2,29,32,33);3-5H2,1-2H3. The van der Waals surface area contributed by atoms with Crippen LogP contribution in [0.2, 0.25) is 0 Å². The Hall–Kier alpha value is -4.18. The number of rotatable bonds is 10. The molecule has 43 heavy (non-hydrogen) atoms. The summed E-state index contributed by atoms with van der Waals surface area (Å²) in [5.41, 5.74) is 9.44. The summed E-state index contributed by atoms with van der Waals surface area (Å²) >= 11 is 0. The molecule has 3 heterocycles. The van der Waals surface area contributed by atoms with E-state index in [-0.39, 0.29) is 51.9 Å². The average molecular weight is 628 g/mol. The van der Waals surface area contributed by atoms with Gasteiger partial charge in [0.2, 0.25) is 10.0 Å². The molecule has 0 fully saturated rings. The molecule has 1 aromatic carbocycles. The summed E-state index contributed by atoms with van der Waals surface area (Å²) in [5, 5.41) is 0. The lowest BCUT2D eigenvalue weighted by atomic mass is 10.1. The number of aromatic nitrogens is 4. The summed E-state index contributed by atoms with van der Waals surface area (Å²) in [5.74, 6) is -2.47. The SMILES string of the molecule is CCCOCC.Nc1cc(C(F)(F)F)c(-c2nc(N)c3nc(-c4cccc(NS(=O)(=O)CCCF)c4F)ccc3n2)cn1. The van der Waals surface area contributed by atoms with E-state index >= 15 is 4.39 Å². The highest BCUT2D eigenvalue weighted by Gasteiger charge is 2.35. The third-order valence-corrected chi connectivity index (χ3v) is 7.04. The zero-order valence-corrected chi connectivity index (χ0v) is 24.1. The number of benzene rings is 1. The Kier molecular flexibility index (Phi) is 11.1. The molecule has 0 aliphatic carbocycles. The molecule has 0 aliphatic heterocycles. The molecule has 4 aromatic rings. The number of nitrogen functional groups attached to an aromatic ring is 2. The number of ether oxygens (including phenoxy) is 1. The predicted octanol–water partition coefficient (Wildman–Crippen LogP) is 5.61. The molecule has 0 saturated carbocycles. The molecule has 3 aromatic heterocycles. The minimum atomic E-state index is -4.77. The van der Waals surface area contributed by atoms with Gasteiger partial charge in [-0.3, -0.25) is 9.11 Å². The number of sulfonamides is 1. The highest BCUT2D eigenvalue weighted by atomic mass is 32.2. The lowest BCUT2D eigenvalue weighted by molar-refractivity contribution is -0.137. The molecule has 0 saturated heterocycles. The number of anilines is 3. The maximum absolute atomic E-state index is 15.2. The summed E-state index contributed by atoms with van der Waals surface area (Å²) in [7, 11) is -3.99. The topological polar surface area (TPSA) is 159 Å². The van der Waals surface area contributed by atoms with Crippen molar-refractivity contribution < 1.29 is 35.1 Å². The first-order valence-corrected chi connectivity index (χ1v) is 14.7. The summed E-state index contributed by atoms with van der Waals surface area (Å²) in [4.78, 5) is 16.0. The van der Waals surface area contributed by atoms with Crippen molar-refractivity contribution in [2.75, 3.05) is 41.8 Å². The second-order valence-electron chi connectivity index (χ2n) is 8.98. The van der Waals surface area contributed by atoms with E-state index in [4.69, 9.17) is 16.2 Å². The van der Waals surface area contributed by atoms with Crippen molar-refractivity contribution in [1.29, 1.82) is 0 Å². The van der Waals surface area contributed by atoms with Crippen LogP contribution in [0.5, 0.6) is 0 Å². The minimum Gasteiger partial charge on any atom is -0.384 e. The number of hydrogen-bond acceptors (Lipinski definition) is 9. The van der Waals surface area contributed by atoms with Crippen LogP contribution in [0.25, 0.3) is 33.7 Å². The fourth-order valence-corrected chi connectivity index (χ4v) is 4.84. The molecule has 0 aliphatic rings. The smallest absolute Gasteiger partial charge is 0.384 e. The van der Waals surface area contributed by atoms with Gasteiger partial charge in [-0.15, -0.1) is 0 Å². The number of alkyl halides is 4. The zero-order chi connectivity index (χ0) is 31.8. The Bertz CT molecular complexity index is 1670. The van der Waals surface area contributed by atoms with Gasteiger partial charge in [-0.05, 0) is 50.1 Å². The van der Waals surface area contributed by atoms with Crippen LogP contribution in [0, 0.1) is 5.82 Å². The van der Waals surface area contributed by atoms with E-state index < -0.39 is 45.6 Å². The van der Waals surface area contributed by atoms with E-state index in [9.17, 15) is 26.0 Å². The van der Waals surface area contributed by atoms with Crippen LogP contribution < -0.4 is 16.2 Å². The number of fused-ring (bicyclic) bond motifs is 1. The second kappa shape index (κ2) is 14.3. The van der Waals surface area contributed by atoms with Gasteiger partial charge in [0.1, 0.15) is 11.3 Å². The predicted molar refractivity (Wildman–Crippen MR) is 155 cm³/mol. The first-order chi connectivity index (χ1) is 20.3. The molecule has 10 nitrogen and oxygen atoms in total. The molecule has 4 rings (SSSR count). The van der Waals surface area contributed by atoms with E-state index in [0.29, 0.717) is 6.07 Å².